The van der Waals surface area contributed by atoms with Crippen LogP contribution in [0.5, 0.6) is 0 Å². The third-order valence-corrected chi connectivity index (χ3v) is 5.00. The van der Waals surface area contributed by atoms with Crippen LogP contribution < -0.4 is 10.6 Å². The summed E-state index contributed by atoms with van der Waals surface area (Å²) in [6, 6.07) is 8.77. The topological polar surface area (TPSA) is 101 Å². The van der Waals surface area contributed by atoms with E-state index in [1.807, 2.05) is 6.07 Å². The number of carbonyl (C=O) groups excluding carboxylic acids is 3. The Hall–Kier alpha value is -2.94. The minimum absolute atomic E-state index is 0.0597. The first-order chi connectivity index (χ1) is 13.1. The molecule has 2 heterocycles. The molecule has 8 nitrogen and oxygen atoms in total. The summed E-state index contributed by atoms with van der Waals surface area (Å²) in [4.78, 5) is 42.9. The number of rotatable bonds is 5. The number of aromatic nitrogens is 1. The molecule has 0 bridgehead atoms. The van der Waals surface area contributed by atoms with E-state index in [4.69, 9.17) is 4.74 Å². The Balaban J connectivity index is 1.54. The fourth-order valence-electron chi connectivity index (χ4n) is 2.68. The molecule has 3 amide bonds. The van der Waals surface area contributed by atoms with E-state index in [1.54, 1.807) is 36.1 Å². The van der Waals surface area contributed by atoms with Crippen molar-refractivity contribution in [2.45, 2.75) is 19.9 Å². The van der Waals surface area contributed by atoms with Crippen molar-refractivity contribution < 1.29 is 19.1 Å². The van der Waals surface area contributed by atoms with E-state index < -0.39 is 6.09 Å². The van der Waals surface area contributed by atoms with Crippen LogP contribution >= 0.6 is 11.3 Å². The predicted octanol–water partition coefficient (Wildman–Crippen LogP) is 2.03. The third-order valence-electron chi connectivity index (χ3n) is 4.00. The number of nitrogens with zero attached hydrogens (tertiary/aromatic N) is 2. The summed E-state index contributed by atoms with van der Waals surface area (Å²) < 4.78 is 4.84. The van der Waals surface area contributed by atoms with Crippen molar-refractivity contribution in [1.82, 2.24) is 15.2 Å². The van der Waals surface area contributed by atoms with Crippen molar-refractivity contribution >= 4 is 34.4 Å². The first-order valence-corrected chi connectivity index (χ1v) is 9.42. The zero-order valence-corrected chi connectivity index (χ0v) is 15.7. The largest absolute Gasteiger partial charge is 0.450 e. The van der Waals surface area contributed by atoms with Crippen LogP contribution in [0.25, 0.3) is 0 Å². The van der Waals surface area contributed by atoms with Gasteiger partial charge in [0.05, 0.1) is 25.4 Å². The maximum absolute atomic E-state index is 12.4. The third kappa shape index (κ3) is 4.82. The number of ether oxygens (including phenoxy) is 1. The standard InChI is InChI=1S/C18H20N4O4S/c1-2-26-18(25)21-17-20-13-8-9-22(11-14(13)27-17)15(23)10-19-16(24)12-6-4-3-5-7-12/h3-7H,2,8-11H2,1H3,(H,19,24)(H,20,21,25). The molecule has 0 spiro atoms. The minimum atomic E-state index is -0.542. The highest BCUT2D eigenvalue weighted by molar-refractivity contribution is 7.15. The van der Waals surface area contributed by atoms with Gasteiger partial charge in [0.2, 0.25) is 5.91 Å². The van der Waals surface area contributed by atoms with E-state index in [0.29, 0.717) is 30.2 Å². The fraction of sp³-hybridized carbons (Fsp3) is 0.333. The van der Waals surface area contributed by atoms with Gasteiger partial charge in [-0.2, -0.15) is 0 Å². The summed E-state index contributed by atoms with van der Waals surface area (Å²) in [5.74, 6) is -0.432. The van der Waals surface area contributed by atoms with E-state index >= 15 is 0 Å². The number of fused-ring (bicyclic) bond motifs is 1. The molecule has 0 fully saturated rings. The lowest BCUT2D eigenvalue weighted by Crippen LogP contribution is -2.42. The molecule has 1 aromatic carbocycles. The van der Waals surface area contributed by atoms with E-state index in [-0.39, 0.29) is 25.0 Å². The quantitative estimate of drug-likeness (QED) is 0.816. The van der Waals surface area contributed by atoms with Crippen molar-refractivity contribution in [1.29, 1.82) is 0 Å². The van der Waals surface area contributed by atoms with Gasteiger partial charge < -0.3 is 15.0 Å². The van der Waals surface area contributed by atoms with Gasteiger partial charge in [0, 0.05) is 23.4 Å². The van der Waals surface area contributed by atoms with Crippen molar-refractivity contribution in [3.8, 4) is 0 Å². The van der Waals surface area contributed by atoms with Gasteiger partial charge in [0.15, 0.2) is 5.13 Å². The van der Waals surface area contributed by atoms with E-state index in [2.05, 4.69) is 15.6 Å². The van der Waals surface area contributed by atoms with Crippen molar-refractivity contribution in [3.05, 3.63) is 46.5 Å². The van der Waals surface area contributed by atoms with Crippen LogP contribution in [0.3, 0.4) is 0 Å². The monoisotopic (exact) mass is 388 g/mol. The Morgan fingerprint density at radius 1 is 1.26 bits per heavy atom. The van der Waals surface area contributed by atoms with E-state index in [0.717, 1.165) is 10.6 Å². The molecule has 0 atom stereocenters. The number of anilines is 1. The molecule has 9 heteroatoms. The lowest BCUT2D eigenvalue weighted by molar-refractivity contribution is -0.130. The Morgan fingerprint density at radius 3 is 2.78 bits per heavy atom. The minimum Gasteiger partial charge on any atom is -0.450 e. The van der Waals surface area contributed by atoms with Crippen LogP contribution in [0.15, 0.2) is 30.3 Å². The first-order valence-electron chi connectivity index (χ1n) is 8.60. The van der Waals surface area contributed by atoms with Crippen LogP contribution in [0.1, 0.15) is 27.9 Å². The number of benzene rings is 1. The first kappa shape index (κ1) is 18.8. The second kappa shape index (κ2) is 8.63. The zero-order valence-electron chi connectivity index (χ0n) is 14.9. The molecule has 0 radical (unpaired) electrons. The summed E-state index contributed by atoms with van der Waals surface area (Å²) in [6.45, 7) is 2.89. The lowest BCUT2D eigenvalue weighted by atomic mass is 10.2. The Morgan fingerprint density at radius 2 is 2.04 bits per heavy atom. The maximum atomic E-state index is 12.4. The van der Waals surface area contributed by atoms with Crippen molar-refractivity contribution in [2.24, 2.45) is 0 Å². The summed E-state index contributed by atoms with van der Waals surface area (Å²) in [5, 5.41) is 5.70. The summed E-state index contributed by atoms with van der Waals surface area (Å²) in [6.07, 6.45) is 0.0643. The fourth-order valence-corrected chi connectivity index (χ4v) is 3.69. The molecule has 1 aliphatic heterocycles. The molecule has 0 aliphatic carbocycles. The van der Waals surface area contributed by atoms with Gasteiger partial charge in [-0.25, -0.2) is 9.78 Å². The summed E-state index contributed by atoms with van der Waals surface area (Å²) >= 11 is 1.33. The number of amides is 3. The molecule has 3 rings (SSSR count). The highest BCUT2D eigenvalue weighted by atomic mass is 32.1. The summed E-state index contributed by atoms with van der Waals surface area (Å²) in [7, 11) is 0. The SMILES string of the molecule is CCOC(=O)Nc1nc2c(s1)CN(C(=O)CNC(=O)c1ccccc1)CC2. The molecule has 0 saturated heterocycles. The number of hydrogen-bond donors (Lipinski definition) is 2. The van der Waals surface area contributed by atoms with E-state index in [1.165, 1.54) is 11.3 Å². The van der Waals surface area contributed by atoms with Gasteiger partial charge in [0.25, 0.3) is 5.91 Å². The molecule has 27 heavy (non-hydrogen) atoms. The molecule has 2 N–H and O–H groups in total. The molecule has 142 valence electrons. The van der Waals surface area contributed by atoms with Gasteiger partial charge in [-0.15, -0.1) is 0 Å². The molecule has 0 saturated carbocycles. The average Bonchev–Trinajstić information content (AvgIpc) is 3.07. The lowest BCUT2D eigenvalue weighted by Gasteiger charge is -2.26. The molecule has 1 aromatic heterocycles. The Bertz CT molecular complexity index is 837. The van der Waals surface area contributed by atoms with Crippen LogP contribution in [-0.4, -0.2) is 47.5 Å². The smallest absolute Gasteiger partial charge is 0.413 e. The molecule has 0 unspecified atom stereocenters. The number of nitrogens with one attached hydrogen (secondary N) is 2. The van der Waals surface area contributed by atoms with Crippen LogP contribution in [0, 0.1) is 0 Å². The van der Waals surface area contributed by atoms with Gasteiger partial charge in [-0.05, 0) is 19.1 Å². The zero-order chi connectivity index (χ0) is 19.2. The van der Waals surface area contributed by atoms with Crippen molar-refractivity contribution in [2.75, 3.05) is 25.0 Å². The molecule has 1 aliphatic rings. The van der Waals surface area contributed by atoms with Crippen LogP contribution in [0.2, 0.25) is 0 Å². The number of carbonyl (C=O) groups is 3. The van der Waals surface area contributed by atoms with Gasteiger partial charge in [0.1, 0.15) is 0 Å². The second-order valence-corrected chi connectivity index (χ2v) is 6.93. The second-order valence-electron chi connectivity index (χ2n) is 5.85. The summed E-state index contributed by atoms with van der Waals surface area (Å²) in [5.41, 5.74) is 1.40. The highest BCUT2D eigenvalue weighted by Gasteiger charge is 2.25. The highest BCUT2D eigenvalue weighted by Crippen LogP contribution is 2.28. The van der Waals surface area contributed by atoms with Gasteiger partial charge in [-0.1, -0.05) is 29.5 Å². The molecule has 2 aromatic rings. The van der Waals surface area contributed by atoms with E-state index in [9.17, 15) is 14.4 Å². The average molecular weight is 388 g/mol. The molecular formula is C18H20N4O4S. The van der Waals surface area contributed by atoms with Gasteiger partial charge >= 0.3 is 6.09 Å². The Kier molecular flexibility index (Phi) is 6.02. The Labute approximate surface area is 160 Å². The number of thiazole rings is 1. The van der Waals surface area contributed by atoms with Crippen LogP contribution in [-0.2, 0) is 22.5 Å². The van der Waals surface area contributed by atoms with Gasteiger partial charge in [-0.3, -0.25) is 14.9 Å². The predicted molar refractivity (Wildman–Crippen MR) is 101 cm³/mol. The maximum Gasteiger partial charge on any atom is 0.413 e. The van der Waals surface area contributed by atoms with Crippen LogP contribution in [0.4, 0.5) is 9.93 Å². The normalized spacial score (nSPS) is 12.9. The van der Waals surface area contributed by atoms with Crippen molar-refractivity contribution in [3.63, 3.8) is 0 Å². The molecular weight excluding hydrogens is 368 g/mol. The number of hydrogen-bond acceptors (Lipinski definition) is 6.